The van der Waals surface area contributed by atoms with E-state index < -0.39 is 30.4 Å². The molecule has 3 N–H and O–H groups in total. The number of carboxylic acids is 1. The monoisotopic (exact) mass is 536 g/mol. The molecule has 0 spiro atoms. The number of carbonyl (C=O) groups excluding carboxylic acids is 2. The second-order valence-corrected chi connectivity index (χ2v) is 9.41. The molecule has 8 nitrogen and oxygen atoms in total. The number of carbonyl (C=O) groups is 3. The topological polar surface area (TPSA) is 114 Å². The van der Waals surface area contributed by atoms with Crippen LogP contribution in [0.25, 0.3) is 11.1 Å². The molecule has 0 heterocycles. The van der Waals surface area contributed by atoms with Crippen LogP contribution in [-0.4, -0.2) is 35.7 Å². The van der Waals surface area contributed by atoms with Crippen molar-refractivity contribution in [2.45, 2.75) is 25.0 Å². The summed E-state index contributed by atoms with van der Waals surface area (Å²) in [5.74, 6) is -1.45. The molecule has 40 heavy (non-hydrogen) atoms. The predicted octanol–water partition coefficient (Wildman–Crippen LogP) is 5.59. The second-order valence-electron chi connectivity index (χ2n) is 9.41. The first-order chi connectivity index (χ1) is 19.5. The smallest absolute Gasteiger partial charge is 0.407 e. The number of nitrogens with one attached hydrogen (secondary N) is 2. The zero-order chi connectivity index (χ0) is 27.9. The molecule has 2 amide bonds. The van der Waals surface area contributed by atoms with Gasteiger partial charge in [-0.05, 0) is 52.1 Å². The summed E-state index contributed by atoms with van der Waals surface area (Å²) in [5, 5.41) is 14.4. The SMILES string of the molecule is O=C(O)CC(NC(=O)OCC1c2ccccc2-c2ccccc21)C(=O)Nc1ccc(OCc2ccccc2)cc1. The number of amides is 2. The number of hydrogen-bond acceptors (Lipinski definition) is 5. The van der Waals surface area contributed by atoms with E-state index in [1.54, 1.807) is 24.3 Å². The molecule has 4 aromatic carbocycles. The Morgan fingerprint density at radius 1 is 0.775 bits per heavy atom. The molecule has 1 aliphatic rings. The van der Waals surface area contributed by atoms with Crippen LogP contribution in [0.5, 0.6) is 5.75 Å². The van der Waals surface area contributed by atoms with E-state index >= 15 is 0 Å². The summed E-state index contributed by atoms with van der Waals surface area (Å²) in [5.41, 5.74) is 5.73. The molecule has 0 fully saturated rings. The Balaban J connectivity index is 1.18. The fraction of sp³-hybridized carbons (Fsp3) is 0.156. The Hall–Kier alpha value is -5.11. The number of benzene rings is 4. The Labute approximate surface area is 231 Å². The minimum absolute atomic E-state index is 0.0473. The summed E-state index contributed by atoms with van der Waals surface area (Å²) in [6, 6.07) is 30.9. The lowest BCUT2D eigenvalue weighted by Crippen LogP contribution is -2.45. The van der Waals surface area contributed by atoms with E-state index in [-0.39, 0.29) is 12.5 Å². The van der Waals surface area contributed by atoms with Crippen molar-refractivity contribution in [1.29, 1.82) is 0 Å². The molecule has 202 valence electrons. The Morgan fingerprint density at radius 3 is 2.00 bits per heavy atom. The number of alkyl carbamates (subject to hydrolysis) is 1. The van der Waals surface area contributed by atoms with Crippen molar-refractivity contribution < 1.29 is 29.0 Å². The molecule has 0 bridgehead atoms. The van der Waals surface area contributed by atoms with Gasteiger partial charge >= 0.3 is 12.1 Å². The predicted molar refractivity (Wildman–Crippen MR) is 150 cm³/mol. The highest BCUT2D eigenvalue weighted by Crippen LogP contribution is 2.44. The van der Waals surface area contributed by atoms with Crippen LogP contribution in [0.2, 0.25) is 0 Å². The number of ether oxygens (including phenoxy) is 2. The van der Waals surface area contributed by atoms with E-state index in [2.05, 4.69) is 10.6 Å². The van der Waals surface area contributed by atoms with Crippen LogP contribution < -0.4 is 15.4 Å². The van der Waals surface area contributed by atoms with Gasteiger partial charge in [0.2, 0.25) is 5.91 Å². The van der Waals surface area contributed by atoms with Gasteiger partial charge in [-0.2, -0.15) is 0 Å². The lowest BCUT2D eigenvalue weighted by molar-refractivity contribution is -0.139. The largest absolute Gasteiger partial charge is 0.489 e. The molecule has 0 aromatic heterocycles. The number of hydrogen-bond donors (Lipinski definition) is 3. The van der Waals surface area contributed by atoms with Gasteiger partial charge in [-0.15, -0.1) is 0 Å². The highest BCUT2D eigenvalue weighted by Gasteiger charge is 2.30. The molecule has 0 saturated heterocycles. The fourth-order valence-corrected chi connectivity index (χ4v) is 4.77. The molecule has 5 rings (SSSR count). The third-order valence-corrected chi connectivity index (χ3v) is 6.70. The maximum atomic E-state index is 12.9. The highest BCUT2D eigenvalue weighted by atomic mass is 16.5. The van der Waals surface area contributed by atoms with Gasteiger partial charge in [0.1, 0.15) is 25.0 Å². The molecule has 1 atom stereocenters. The summed E-state index contributed by atoms with van der Waals surface area (Å²) < 4.78 is 11.2. The number of carboxylic acid groups (broad SMARTS) is 1. The highest BCUT2D eigenvalue weighted by molar-refractivity contribution is 5.98. The first kappa shape index (κ1) is 26.5. The molecular weight excluding hydrogens is 508 g/mol. The number of aliphatic carboxylic acids is 1. The van der Waals surface area contributed by atoms with Gasteiger partial charge in [-0.25, -0.2) is 4.79 Å². The average molecular weight is 537 g/mol. The minimum Gasteiger partial charge on any atom is -0.489 e. The second kappa shape index (κ2) is 12.2. The van der Waals surface area contributed by atoms with Gasteiger partial charge in [0.25, 0.3) is 0 Å². The van der Waals surface area contributed by atoms with Crippen LogP contribution in [0.1, 0.15) is 29.0 Å². The van der Waals surface area contributed by atoms with Crippen LogP contribution in [0.4, 0.5) is 10.5 Å². The first-order valence-corrected chi connectivity index (χ1v) is 12.9. The summed E-state index contributed by atoms with van der Waals surface area (Å²) >= 11 is 0. The quantitative estimate of drug-likeness (QED) is 0.244. The molecule has 4 aromatic rings. The van der Waals surface area contributed by atoms with E-state index in [0.29, 0.717) is 18.0 Å². The number of anilines is 1. The molecule has 1 unspecified atom stereocenters. The fourth-order valence-electron chi connectivity index (χ4n) is 4.77. The van der Waals surface area contributed by atoms with Crippen molar-refractivity contribution in [1.82, 2.24) is 5.32 Å². The molecule has 0 aliphatic heterocycles. The van der Waals surface area contributed by atoms with Crippen molar-refractivity contribution in [2.75, 3.05) is 11.9 Å². The van der Waals surface area contributed by atoms with E-state index in [0.717, 1.165) is 27.8 Å². The van der Waals surface area contributed by atoms with Gasteiger partial charge < -0.3 is 25.2 Å². The van der Waals surface area contributed by atoms with Crippen molar-refractivity contribution >= 4 is 23.7 Å². The van der Waals surface area contributed by atoms with Crippen molar-refractivity contribution in [3.8, 4) is 16.9 Å². The average Bonchev–Trinajstić information content (AvgIpc) is 3.29. The Kier molecular flexibility index (Phi) is 8.06. The summed E-state index contributed by atoms with van der Waals surface area (Å²) in [6.45, 7) is 0.447. The van der Waals surface area contributed by atoms with Crippen molar-refractivity contribution in [2.24, 2.45) is 0 Å². The zero-order valence-electron chi connectivity index (χ0n) is 21.6. The molecule has 8 heteroatoms. The molecule has 0 saturated carbocycles. The third kappa shape index (κ3) is 6.30. The van der Waals surface area contributed by atoms with Gasteiger partial charge in [0.05, 0.1) is 6.42 Å². The zero-order valence-corrected chi connectivity index (χ0v) is 21.6. The van der Waals surface area contributed by atoms with Gasteiger partial charge in [-0.3, -0.25) is 9.59 Å². The van der Waals surface area contributed by atoms with Gasteiger partial charge in [-0.1, -0.05) is 78.9 Å². The van der Waals surface area contributed by atoms with E-state index in [9.17, 15) is 19.5 Å². The Morgan fingerprint density at radius 2 is 1.38 bits per heavy atom. The third-order valence-electron chi connectivity index (χ3n) is 6.70. The summed E-state index contributed by atoms with van der Waals surface area (Å²) in [7, 11) is 0. The Bertz CT molecular complexity index is 1460. The van der Waals surface area contributed by atoms with Gasteiger partial charge in [0, 0.05) is 11.6 Å². The van der Waals surface area contributed by atoms with Crippen LogP contribution in [0, 0.1) is 0 Å². The van der Waals surface area contributed by atoms with Gasteiger partial charge in [0.15, 0.2) is 0 Å². The first-order valence-electron chi connectivity index (χ1n) is 12.9. The normalized spacial score (nSPS) is 12.5. The van der Waals surface area contributed by atoms with Crippen LogP contribution in [0.3, 0.4) is 0 Å². The van der Waals surface area contributed by atoms with Crippen LogP contribution >= 0.6 is 0 Å². The molecular formula is C32H28N2O6. The lowest BCUT2D eigenvalue weighted by atomic mass is 9.98. The van der Waals surface area contributed by atoms with E-state index in [1.165, 1.54) is 0 Å². The molecule has 0 radical (unpaired) electrons. The minimum atomic E-state index is -1.33. The maximum absolute atomic E-state index is 12.9. The van der Waals surface area contributed by atoms with Crippen molar-refractivity contribution in [3.63, 3.8) is 0 Å². The van der Waals surface area contributed by atoms with Crippen LogP contribution in [-0.2, 0) is 20.9 Å². The maximum Gasteiger partial charge on any atom is 0.407 e. The van der Waals surface area contributed by atoms with Crippen molar-refractivity contribution in [3.05, 3.63) is 120 Å². The van der Waals surface area contributed by atoms with E-state index in [1.807, 2.05) is 78.9 Å². The summed E-state index contributed by atoms with van der Waals surface area (Å²) in [6.07, 6.45) is -1.47. The van der Waals surface area contributed by atoms with Crippen LogP contribution in [0.15, 0.2) is 103 Å². The lowest BCUT2D eigenvalue weighted by Gasteiger charge is -2.19. The van der Waals surface area contributed by atoms with E-state index in [4.69, 9.17) is 9.47 Å². The molecule has 1 aliphatic carbocycles. The number of rotatable bonds is 10. The summed E-state index contributed by atoms with van der Waals surface area (Å²) in [4.78, 5) is 37.0. The standard InChI is InChI=1S/C32H28N2O6/c35-30(36)18-29(31(37)33-22-14-16-23(17-15-22)39-19-21-8-2-1-3-9-21)34-32(38)40-20-28-26-12-6-4-10-24(26)25-11-5-7-13-27(25)28/h1-17,28-29H,18-20H2,(H,33,37)(H,34,38)(H,35,36). The number of fused-ring (bicyclic) bond motifs is 3.